The van der Waals surface area contributed by atoms with E-state index in [1.807, 2.05) is 6.07 Å². The van der Waals surface area contributed by atoms with E-state index in [-0.39, 0.29) is 17.7 Å². The van der Waals surface area contributed by atoms with Crippen LogP contribution >= 0.6 is 0 Å². The van der Waals surface area contributed by atoms with Crippen LogP contribution in [0.4, 0.5) is 17.6 Å². The van der Waals surface area contributed by atoms with Gasteiger partial charge in [-0.05, 0) is 49.1 Å². The van der Waals surface area contributed by atoms with Crippen molar-refractivity contribution in [3.63, 3.8) is 0 Å². The van der Waals surface area contributed by atoms with E-state index in [1.165, 1.54) is 28.9 Å². The van der Waals surface area contributed by atoms with E-state index in [0.717, 1.165) is 5.56 Å². The number of carbonyl (C=O) groups excluding carboxylic acids is 3. The molecule has 0 spiro atoms. The number of nitrogens with one attached hydrogen (secondary N) is 2. The monoisotopic (exact) mass is 548 g/mol. The highest BCUT2D eigenvalue weighted by Gasteiger charge is 2.28. The number of benzene rings is 2. The van der Waals surface area contributed by atoms with Crippen LogP contribution in [0.1, 0.15) is 51.4 Å². The SMILES string of the molecule is NC(=O)[C@H](Cc1ccccc1)NC(=O)c1nnn(-c2ccc(C(=O)NCC(F)(F)F)cc2)c1CCCCCF. The van der Waals surface area contributed by atoms with Gasteiger partial charge in [0.1, 0.15) is 12.6 Å². The fraction of sp³-hybridized carbons (Fsp3) is 0.346. The summed E-state index contributed by atoms with van der Waals surface area (Å²) in [5.41, 5.74) is 7.02. The van der Waals surface area contributed by atoms with E-state index >= 15 is 0 Å². The van der Waals surface area contributed by atoms with Crippen molar-refractivity contribution in [2.45, 2.75) is 44.3 Å². The fourth-order valence-corrected chi connectivity index (χ4v) is 3.81. The van der Waals surface area contributed by atoms with Gasteiger partial charge in [0, 0.05) is 12.0 Å². The molecule has 0 saturated carbocycles. The number of primary amides is 1. The van der Waals surface area contributed by atoms with Gasteiger partial charge in [-0.15, -0.1) is 5.10 Å². The Labute approximate surface area is 221 Å². The Morgan fingerprint density at radius 3 is 2.26 bits per heavy atom. The third-order valence-electron chi connectivity index (χ3n) is 5.78. The highest BCUT2D eigenvalue weighted by Crippen LogP contribution is 2.18. The second-order valence-corrected chi connectivity index (χ2v) is 8.76. The normalized spacial score (nSPS) is 12.1. The predicted molar refractivity (Wildman–Crippen MR) is 134 cm³/mol. The third-order valence-corrected chi connectivity index (χ3v) is 5.78. The van der Waals surface area contributed by atoms with Crippen molar-refractivity contribution >= 4 is 17.7 Å². The molecule has 0 radical (unpaired) electrons. The molecule has 3 amide bonds. The fourth-order valence-electron chi connectivity index (χ4n) is 3.81. The van der Waals surface area contributed by atoms with E-state index in [1.54, 1.807) is 29.6 Å². The minimum atomic E-state index is -4.54. The summed E-state index contributed by atoms with van der Waals surface area (Å²) in [6.45, 7) is -1.95. The predicted octanol–water partition coefficient (Wildman–Crippen LogP) is 3.07. The molecule has 0 unspecified atom stereocenters. The van der Waals surface area contributed by atoms with Crippen molar-refractivity contribution in [3.05, 3.63) is 77.1 Å². The molecule has 2 aromatic carbocycles. The molecule has 0 aliphatic carbocycles. The van der Waals surface area contributed by atoms with Gasteiger partial charge in [0.15, 0.2) is 5.69 Å². The molecule has 1 atom stereocenters. The number of halogens is 4. The average Bonchev–Trinajstić information content (AvgIpc) is 3.33. The summed E-state index contributed by atoms with van der Waals surface area (Å²) in [6.07, 6.45) is -2.69. The molecule has 1 aromatic heterocycles. The van der Waals surface area contributed by atoms with Gasteiger partial charge in [-0.2, -0.15) is 13.2 Å². The number of amides is 3. The summed E-state index contributed by atoms with van der Waals surface area (Å²) in [6, 6.07) is 13.5. The molecular weight excluding hydrogens is 520 g/mol. The zero-order valence-electron chi connectivity index (χ0n) is 20.9. The van der Waals surface area contributed by atoms with Crippen molar-refractivity contribution < 1.29 is 31.9 Å². The molecule has 3 rings (SSSR count). The minimum Gasteiger partial charge on any atom is -0.368 e. The summed E-state index contributed by atoms with van der Waals surface area (Å²) < 4.78 is 51.2. The molecular formula is C26H28F4N6O3. The zero-order chi connectivity index (χ0) is 28.4. The number of aromatic nitrogens is 3. The smallest absolute Gasteiger partial charge is 0.368 e. The molecule has 9 nitrogen and oxygen atoms in total. The number of alkyl halides is 4. The summed E-state index contributed by atoms with van der Waals surface area (Å²) in [5, 5.41) is 12.4. The molecule has 0 saturated heterocycles. The third kappa shape index (κ3) is 8.62. The molecule has 39 heavy (non-hydrogen) atoms. The first kappa shape index (κ1) is 29.3. The quantitative estimate of drug-likeness (QED) is 0.223. The number of nitrogens with two attached hydrogens (primary N) is 1. The molecule has 208 valence electrons. The molecule has 1 heterocycles. The second-order valence-electron chi connectivity index (χ2n) is 8.76. The minimum absolute atomic E-state index is 0.00390. The molecule has 4 N–H and O–H groups in total. The van der Waals surface area contributed by atoms with Crippen LogP contribution in [0, 0.1) is 0 Å². The summed E-state index contributed by atoms with van der Waals surface area (Å²) >= 11 is 0. The Balaban J connectivity index is 1.83. The highest BCUT2D eigenvalue weighted by molar-refractivity contribution is 5.97. The van der Waals surface area contributed by atoms with Crippen LogP contribution < -0.4 is 16.4 Å². The van der Waals surface area contributed by atoms with Gasteiger partial charge in [0.05, 0.1) is 18.1 Å². The summed E-state index contributed by atoms with van der Waals surface area (Å²) in [4.78, 5) is 37.2. The van der Waals surface area contributed by atoms with Gasteiger partial charge >= 0.3 is 6.18 Å². The second kappa shape index (κ2) is 13.5. The van der Waals surface area contributed by atoms with E-state index in [9.17, 15) is 31.9 Å². The first-order chi connectivity index (χ1) is 18.6. The molecule has 0 aliphatic heterocycles. The van der Waals surface area contributed by atoms with E-state index in [4.69, 9.17) is 5.73 Å². The van der Waals surface area contributed by atoms with Gasteiger partial charge in [-0.3, -0.25) is 18.8 Å². The summed E-state index contributed by atoms with van der Waals surface area (Å²) in [7, 11) is 0. The molecule has 3 aromatic rings. The Bertz CT molecular complexity index is 1260. The first-order valence-corrected chi connectivity index (χ1v) is 12.2. The Hall–Kier alpha value is -4.29. The maximum absolute atomic E-state index is 13.2. The van der Waals surface area contributed by atoms with Crippen molar-refractivity contribution in [1.82, 2.24) is 25.6 Å². The lowest BCUT2D eigenvalue weighted by Gasteiger charge is -2.15. The van der Waals surface area contributed by atoms with Crippen LogP contribution in [0.5, 0.6) is 0 Å². The maximum Gasteiger partial charge on any atom is 0.405 e. The maximum atomic E-state index is 13.2. The van der Waals surface area contributed by atoms with Gasteiger partial charge in [0.2, 0.25) is 5.91 Å². The van der Waals surface area contributed by atoms with E-state index in [0.29, 0.717) is 37.1 Å². The number of hydrogen-bond acceptors (Lipinski definition) is 5. The standard InChI is InChI=1S/C26H28F4N6O3/c27-14-6-2-5-9-21-22(25(39)33-20(23(31)37)15-17-7-3-1-4-8-17)34-35-36(21)19-12-10-18(11-13-19)24(38)32-16-26(28,29)30/h1,3-4,7-8,10-13,20H,2,5-6,9,14-16H2,(H2,31,37)(H,32,38)(H,33,39)/t20-/m0/s1. The van der Waals surface area contributed by atoms with Crippen LogP contribution in [0.15, 0.2) is 54.6 Å². The van der Waals surface area contributed by atoms with Crippen molar-refractivity contribution in [3.8, 4) is 5.69 Å². The largest absolute Gasteiger partial charge is 0.405 e. The van der Waals surface area contributed by atoms with Gasteiger partial charge in [0.25, 0.3) is 11.8 Å². The number of rotatable bonds is 13. The average molecular weight is 549 g/mol. The van der Waals surface area contributed by atoms with Crippen molar-refractivity contribution in [1.29, 1.82) is 0 Å². The zero-order valence-corrected chi connectivity index (χ0v) is 20.9. The van der Waals surface area contributed by atoms with Crippen molar-refractivity contribution in [2.75, 3.05) is 13.2 Å². The van der Waals surface area contributed by atoms with Crippen LogP contribution in [0.2, 0.25) is 0 Å². The Kier molecular flexibility index (Phi) is 10.1. The lowest BCUT2D eigenvalue weighted by atomic mass is 10.0. The molecule has 0 bridgehead atoms. The molecule has 0 aliphatic rings. The van der Waals surface area contributed by atoms with Gasteiger partial charge in [-0.1, -0.05) is 42.0 Å². The van der Waals surface area contributed by atoms with Crippen LogP contribution in [-0.4, -0.2) is 58.2 Å². The van der Waals surface area contributed by atoms with Crippen LogP contribution in [-0.2, 0) is 17.6 Å². The number of unbranched alkanes of at least 4 members (excludes halogenated alkanes) is 2. The Morgan fingerprint density at radius 1 is 0.949 bits per heavy atom. The highest BCUT2D eigenvalue weighted by atomic mass is 19.4. The summed E-state index contributed by atoms with van der Waals surface area (Å²) in [5.74, 6) is -2.31. The first-order valence-electron chi connectivity index (χ1n) is 12.2. The topological polar surface area (TPSA) is 132 Å². The molecule has 13 heteroatoms. The van der Waals surface area contributed by atoms with Crippen LogP contribution in [0.3, 0.4) is 0 Å². The van der Waals surface area contributed by atoms with E-state index < -0.39 is 43.2 Å². The van der Waals surface area contributed by atoms with Crippen molar-refractivity contribution in [2.24, 2.45) is 5.73 Å². The number of carbonyl (C=O) groups is 3. The van der Waals surface area contributed by atoms with Gasteiger partial charge in [-0.25, -0.2) is 4.68 Å². The lowest BCUT2D eigenvalue weighted by molar-refractivity contribution is -0.123. The van der Waals surface area contributed by atoms with Crippen LogP contribution in [0.25, 0.3) is 5.69 Å². The Morgan fingerprint density at radius 2 is 1.64 bits per heavy atom. The lowest BCUT2D eigenvalue weighted by Crippen LogP contribution is -2.46. The number of nitrogens with zero attached hydrogens (tertiary/aromatic N) is 3. The van der Waals surface area contributed by atoms with Gasteiger partial charge < -0.3 is 16.4 Å². The molecule has 0 fully saturated rings. The van der Waals surface area contributed by atoms with E-state index in [2.05, 4.69) is 15.6 Å². The number of hydrogen-bond donors (Lipinski definition) is 3.